The summed E-state index contributed by atoms with van der Waals surface area (Å²) in [6.07, 6.45) is 3.96. The van der Waals surface area contributed by atoms with Crippen LogP contribution in [0.1, 0.15) is 27.8 Å². The molecule has 0 spiro atoms. The van der Waals surface area contributed by atoms with Gasteiger partial charge >= 0.3 is 0 Å². The first-order valence-electron chi connectivity index (χ1n) is 10.5. The first kappa shape index (κ1) is 18.2. The zero-order chi connectivity index (χ0) is 19.8. The summed E-state index contributed by atoms with van der Waals surface area (Å²) in [5.74, 6) is 0. The maximum absolute atomic E-state index is 12.7. The van der Waals surface area contributed by atoms with Crippen molar-refractivity contribution in [2.24, 2.45) is 0 Å². The molecule has 0 fully saturated rings. The minimum Gasteiger partial charge on any atom is -0.363 e. The van der Waals surface area contributed by atoms with Crippen LogP contribution in [0.2, 0.25) is 0 Å². The number of benzene rings is 2. The van der Waals surface area contributed by atoms with Crippen molar-refractivity contribution < 1.29 is 0 Å². The molecule has 3 aromatic rings. The molecule has 29 heavy (non-hydrogen) atoms. The fraction of sp³-hybridized carbons (Fsp3) is 0.320. The highest BCUT2D eigenvalue weighted by molar-refractivity contribution is 5.51. The molecule has 0 radical (unpaired) electrons. The third kappa shape index (κ3) is 3.73. The van der Waals surface area contributed by atoms with Crippen LogP contribution in [0, 0.1) is 0 Å². The highest BCUT2D eigenvalue weighted by atomic mass is 16.1. The van der Waals surface area contributed by atoms with E-state index in [9.17, 15) is 4.79 Å². The highest BCUT2D eigenvalue weighted by Gasteiger charge is 2.19. The van der Waals surface area contributed by atoms with E-state index in [0.29, 0.717) is 0 Å². The molecule has 148 valence electrons. The summed E-state index contributed by atoms with van der Waals surface area (Å²) in [7, 11) is 2.17. The standard InChI is InChI=1S/C25H27N3O/c1-26-11-9-20-14-19(6-7-23(20)16-26)8-12-27-13-10-24(15-25(27)29)28-17-21-4-2-3-5-22(21)18-28/h2-7,10,13-15H,8-9,11-12,16-18H2,1H3. The Morgan fingerprint density at radius 3 is 2.38 bits per heavy atom. The monoisotopic (exact) mass is 385 g/mol. The summed E-state index contributed by atoms with van der Waals surface area (Å²) < 4.78 is 1.83. The van der Waals surface area contributed by atoms with Gasteiger partial charge in [-0.25, -0.2) is 0 Å². The number of hydrogen-bond acceptors (Lipinski definition) is 3. The Kier molecular flexibility index (Phi) is 4.72. The lowest BCUT2D eigenvalue weighted by Crippen LogP contribution is -2.26. The minimum atomic E-state index is 0.0815. The third-order valence-electron chi connectivity index (χ3n) is 6.30. The molecule has 0 aliphatic carbocycles. The van der Waals surface area contributed by atoms with Crippen molar-refractivity contribution in [3.63, 3.8) is 0 Å². The number of anilines is 1. The number of fused-ring (bicyclic) bond motifs is 2. The molecule has 1 aromatic heterocycles. The number of aromatic nitrogens is 1. The Balaban J connectivity index is 1.27. The van der Waals surface area contributed by atoms with Crippen LogP contribution in [0.15, 0.2) is 65.6 Å². The van der Waals surface area contributed by atoms with Crippen LogP contribution < -0.4 is 10.5 Å². The normalized spacial score (nSPS) is 16.0. The summed E-state index contributed by atoms with van der Waals surface area (Å²) in [5.41, 5.74) is 8.04. The molecular weight excluding hydrogens is 358 g/mol. The van der Waals surface area contributed by atoms with Crippen molar-refractivity contribution >= 4 is 5.69 Å². The lowest BCUT2D eigenvalue weighted by molar-refractivity contribution is 0.313. The van der Waals surface area contributed by atoms with Gasteiger partial charge in [-0.15, -0.1) is 0 Å². The summed E-state index contributed by atoms with van der Waals surface area (Å²) in [4.78, 5) is 17.3. The second-order valence-electron chi connectivity index (χ2n) is 8.38. The van der Waals surface area contributed by atoms with Crippen molar-refractivity contribution in [1.29, 1.82) is 0 Å². The van der Waals surface area contributed by atoms with Crippen LogP contribution in [0.3, 0.4) is 0 Å². The molecule has 0 saturated heterocycles. The smallest absolute Gasteiger partial charge is 0.252 e. The minimum absolute atomic E-state index is 0.0815. The molecule has 5 rings (SSSR count). The zero-order valence-electron chi connectivity index (χ0n) is 17.0. The molecule has 3 heterocycles. The average molecular weight is 386 g/mol. The second-order valence-corrected chi connectivity index (χ2v) is 8.38. The quantitative estimate of drug-likeness (QED) is 0.687. The molecule has 2 aromatic carbocycles. The zero-order valence-corrected chi connectivity index (χ0v) is 17.0. The van der Waals surface area contributed by atoms with Crippen LogP contribution in [-0.4, -0.2) is 23.1 Å². The first-order chi connectivity index (χ1) is 14.2. The van der Waals surface area contributed by atoms with Crippen molar-refractivity contribution in [2.75, 3.05) is 18.5 Å². The Hall–Kier alpha value is -2.85. The number of rotatable bonds is 4. The van der Waals surface area contributed by atoms with Crippen molar-refractivity contribution in [3.8, 4) is 0 Å². The van der Waals surface area contributed by atoms with Crippen molar-refractivity contribution in [3.05, 3.63) is 99.0 Å². The van der Waals surface area contributed by atoms with Gasteiger partial charge in [0.15, 0.2) is 0 Å². The van der Waals surface area contributed by atoms with Crippen molar-refractivity contribution in [2.45, 2.75) is 39.0 Å². The van der Waals surface area contributed by atoms with Crippen LogP contribution >= 0.6 is 0 Å². The average Bonchev–Trinajstić information content (AvgIpc) is 3.17. The lowest BCUT2D eigenvalue weighted by Gasteiger charge is -2.25. The molecule has 0 saturated carbocycles. The van der Waals surface area contributed by atoms with Gasteiger partial charge in [-0.1, -0.05) is 42.5 Å². The van der Waals surface area contributed by atoms with Crippen LogP contribution in [0.25, 0.3) is 0 Å². The Bertz CT molecular complexity index is 1080. The number of hydrogen-bond donors (Lipinski definition) is 0. The topological polar surface area (TPSA) is 28.5 Å². The van der Waals surface area contributed by atoms with Crippen LogP contribution in [0.4, 0.5) is 5.69 Å². The molecular formula is C25H27N3O. The van der Waals surface area contributed by atoms with Gasteiger partial charge in [-0.2, -0.15) is 0 Å². The number of likely N-dealkylation sites (N-methyl/N-ethyl adjacent to an activating group) is 1. The fourth-order valence-electron chi connectivity index (χ4n) is 4.55. The maximum atomic E-state index is 12.7. The molecule has 0 atom stereocenters. The summed E-state index contributed by atoms with van der Waals surface area (Å²) in [6.45, 7) is 4.64. The Labute approximate surface area is 172 Å². The van der Waals surface area contributed by atoms with E-state index in [1.165, 1.54) is 27.8 Å². The molecule has 4 heteroatoms. The van der Waals surface area contributed by atoms with Crippen molar-refractivity contribution in [1.82, 2.24) is 9.47 Å². The van der Waals surface area contributed by atoms with E-state index in [0.717, 1.165) is 51.3 Å². The summed E-state index contributed by atoms with van der Waals surface area (Å²) in [5, 5.41) is 0. The van der Waals surface area contributed by atoms with Gasteiger partial charge in [-0.3, -0.25) is 4.79 Å². The lowest BCUT2D eigenvalue weighted by atomic mass is 9.96. The summed E-state index contributed by atoms with van der Waals surface area (Å²) >= 11 is 0. The molecule has 0 bridgehead atoms. The van der Waals surface area contributed by atoms with Gasteiger partial charge < -0.3 is 14.4 Å². The predicted molar refractivity (Wildman–Crippen MR) is 117 cm³/mol. The number of nitrogens with zero attached hydrogens (tertiary/aromatic N) is 3. The first-order valence-corrected chi connectivity index (χ1v) is 10.5. The molecule has 4 nitrogen and oxygen atoms in total. The predicted octanol–water partition coefficient (Wildman–Crippen LogP) is 3.60. The van der Waals surface area contributed by atoms with Gasteiger partial charge in [0.2, 0.25) is 0 Å². The third-order valence-corrected chi connectivity index (χ3v) is 6.30. The second kappa shape index (κ2) is 7.53. The Morgan fingerprint density at radius 1 is 0.862 bits per heavy atom. The Morgan fingerprint density at radius 2 is 1.62 bits per heavy atom. The van der Waals surface area contributed by atoms with Gasteiger partial charge in [0, 0.05) is 50.7 Å². The van der Waals surface area contributed by atoms with E-state index in [-0.39, 0.29) is 5.56 Å². The fourth-order valence-corrected chi connectivity index (χ4v) is 4.55. The van der Waals surface area contributed by atoms with E-state index in [4.69, 9.17) is 0 Å². The molecule has 0 N–H and O–H groups in total. The van der Waals surface area contributed by atoms with E-state index in [1.807, 2.05) is 10.8 Å². The highest BCUT2D eigenvalue weighted by Crippen LogP contribution is 2.27. The molecule has 0 amide bonds. The molecule has 0 unspecified atom stereocenters. The van der Waals surface area contributed by atoms with Gasteiger partial charge in [0.25, 0.3) is 5.56 Å². The van der Waals surface area contributed by atoms with E-state index >= 15 is 0 Å². The van der Waals surface area contributed by atoms with E-state index in [1.54, 1.807) is 6.07 Å². The molecule has 2 aliphatic heterocycles. The van der Waals surface area contributed by atoms with Gasteiger partial charge in [0.1, 0.15) is 0 Å². The van der Waals surface area contributed by atoms with E-state index < -0.39 is 0 Å². The number of aryl methyl sites for hydroxylation is 2. The van der Waals surface area contributed by atoms with E-state index in [2.05, 4.69) is 65.4 Å². The molecule has 2 aliphatic rings. The van der Waals surface area contributed by atoms with Gasteiger partial charge in [0.05, 0.1) is 0 Å². The maximum Gasteiger partial charge on any atom is 0.252 e. The van der Waals surface area contributed by atoms with Crippen LogP contribution in [-0.2, 0) is 39.0 Å². The largest absolute Gasteiger partial charge is 0.363 e. The summed E-state index contributed by atoms with van der Waals surface area (Å²) in [6, 6.07) is 19.2. The van der Waals surface area contributed by atoms with Gasteiger partial charge in [-0.05, 0) is 53.8 Å². The SMILES string of the molecule is CN1CCc2cc(CCn3ccc(N4Cc5ccccc5C4)cc3=O)ccc2C1. The number of pyridine rings is 1. The van der Waals surface area contributed by atoms with Crippen LogP contribution in [0.5, 0.6) is 0 Å².